The number of piperazine rings is 1. The lowest BCUT2D eigenvalue weighted by Crippen LogP contribution is -2.54. The number of nitrogens with one attached hydrogen (secondary N) is 2. The van der Waals surface area contributed by atoms with Gasteiger partial charge in [-0.2, -0.15) is 0 Å². The maximum atomic E-state index is 12.8. The predicted octanol–water partition coefficient (Wildman–Crippen LogP) is 1.83. The summed E-state index contributed by atoms with van der Waals surface area (Å²) < 4.78 is 5.17. The summed E-state index contributed by atoms with van der Waals surface area (Å²) in [6.07, 6.45) is 2.16. The second-order valence-corrected chi connectivity index (χ2v) is 7.21. The number of halogens is 1. The van der Waals surface area contributed by atoms with Crippen LogP contribution in [0.2, 0.25) is 5.02 Å². The Balaban J connectivity index is 1.31. The number of carbonyl (C=O) groups excluding carboxylic acids is 2. The fourth-order valence-electron chi connectivity index (χ4n) is 3.54. The molecule has 0 spiro atoms. The zero-order valence-electron chi connectivity index (χ0n) is 14.7. The highest BCUT2D eigenvalue weighted by atomic mass is 35.5. The Morgan fingerprint density at radius 3 is 2.37 bits per heavy atom. The molecule has 1 aromatic carbocycles. The van der Waals surface area contributed by atoms with Gasteiger partial charge in [-0.15, -0.1) is 0 Å². The topological polar surface area (TPSA) is 77.8 Å². The van der Waals surface area contributed by atoms with Gasteiger partial charge in [-0.3, -0.25) is 9.59 Å². The first kappa shape index (κ1) is 18.0. The van der Waals surface area contributed by atoms with Gasteiger partial charge in [0.1, 0.15) is 6.04 Å². The van der Waals surface area contributed by atoms with Crippen LogP contribution in [-0.4, -0.2) is 53.8 Å². The maximum Gasteiger partial charge on any atom is 0.289 e. The van der Waals surface area contributed by atoms with Crippen LogP contribution in [0.3, 0.4) is 0 Å². The summed E-state index contributed by atoms with van der Waals surface area (Å²) in [4.78, 5) is 28.7. The standard InChI is InChI=1S/C19H21ClN4O3/c20-14-5-3-13(4-6-14)15-12-16(22-21-15)18(25)23-7-9-24(10-8-23)19(26)17-2-1-11-27-17/h1-6,11,15-16,21-22H,7-10,12H2. The van der Waals surface area contributed by atoms with Crippen molar-refractivity contribution in [3.63, 3.8) is 0 Å². The first-order valence-corrected chi connectivity index (χ1v) is 9.38. The minimum absolute atomic E-state index is 0.0593. The van der Waals surface area contributed by atoms with Crippen LogP contribution in [0.4, 0.5) is 0 Å². The molecule has 2 atom stereocenters. The minimum Gasteiger partial charge on any atom is -0.459 e. The van der Waals surface area contributed by atoms with E-state index in [0.29, 0.717) is 43.4 Å². The SMILES string of the molecule is O=C(c1ccco1)N1CCN(C(=O)C2CC(c3ccc(Cl)cc3)NN2)CC1. The van der Waals surface area contributed by atoms with Crippen LogP contribution in [0, 0.1) is 0 Å². The monoisotopic (exact) mass is 388 g/mol. The van der Waals surface area contributed by atoms with Crippen molar-refractivity contribution in [2.24, 2.45) is 0 Å². The summed E-state index contributed by atoms with van der Waals surface area (Å²) in [5.74, 6) is 0.266. The molecule has 1 aromatic heterocycles. The van der Waals surface area contributed by atoms with Gasteiger partial charge >= 0.3 is 0 Å². The van der Waals surface area contributed by atoms with Crippen molar-refractivity contribution in [1.29, 1.82) is 0 Å². The molecule has 0 aliphatic carbocycles. The van der Waals surface area contributed by atoms with Crippen molar-refractivity contribution in [2.45, 2.75) is 18.5 Å². The van der Waals surface area contributed by atoms with E-state index in [1.807, 2.05) is 29.2 Å². The Kier molecular flexibility index (Phi) is 5.15. The van der Waals surface area contributed by atoms with E-state index in [-0.39, 0.29) is 23.9 Å². The van der Waals surface area contributed by atoms with Crippen molar-refractivity contribution in [3.05, 3.63) is 59.0 Å². The van der Waals surface area contributed by atoms with Gasteiger partial charge in [-0.25, -0.2) is 10.9 Å². The molecule has 2 unspecified atom stereocenters. The summed E-state index contributed by atoms with van der Waals surface area (Å²) in [5.41, 5.74) is 7.39. The third-order valence-corrected chi connectivity index (χ3v) is 5.34. The average molecular weight is 389 g/mol. The van der Waals surface area contributed by atoms with E-state index in [2.05, 4.69) is 10.9 Å². The van der Waals surface area contributed by atoms with E-state index in [9.17, 15) is 9.59 Å². The number of hydrazine groups is 1. The molecule has 2 N–H and O–H groups in total. The Morgan fingerprint density at radius 1 is 1.00 bits per heavy atom. The van der Waals surface area contributed by atoms with Crippen molar-refractivity contribution in [1.82, 2.24) is 20.7 Å². The van der Waals surface area contributed by atoms with Crippen molar-refractivity contribution < 1.29 is 14.0 Å². The van der Waals surface area contributed by atoms with Crippen LogP contribution >= 0.6 is 11.6 Å². The zero-order valence-corrected chi connectivity index (χ0v) is 15.5. The lowest BCUT2D eigenvalue weighted by Gasteiger charge is -2.35. The van der Waals surface area contributed by atoms with Gasteiger partial charge in [0.25, 0.3) is 5.91 Å². The molecule has 0 radical (unpaired) electrons. The van der Waals surface area contributed by atoms with Crippen LogP contribution in [0.15, 0.2) is 47.1 Å². The Morgan fingerprint density at radius 2 is 1.70 bits per heavy atom. The number of nitrogens with zero attached hydrogens (tertiary/aromatic N) is 2. The third-order valence-electron chi connectivity index (χ3n) is 5.08. The number of furan rings is 1. The Hall–Kier alpha value is -2.35. The van der Waals surface area contributed by atoms with Crippen LogP contribution in [0.25, 0.3) is 0 Å². The van der Waals surface area contributed by atoms with Gasteiger partial charge in [0.05, 0.1) is 6.26 Å². The molecule has 2 aromatic rings. The van der Waals surface area contributed by atoms with Gasteiger partial charge in [-0.05, 0) is 36.2 Å². The molecule has 2 aliphatic rings. The highest BCUT2D eigenvalue weighted by molar-refractivity contribution is 6.30. The van der Waals surface area contributed by atoms with Crippen molar-refractivity contribution in [3.8, 4) is 0 Å². The largest absolute Gasteiger partial charge is 0.459 e. The van der Waals surface area contributed by atoms with Crippen molar-refractivity contribution >= 4 is 23.4 Å². The predicted molar refractivity (Wildman–Crippen MR) is 100 cm³/mol. The highest BCUT2D eigenvalue weighted by Gasteiger charge is 2.34. The summed E-state index contributed by atoms with van der Waals surface area (Å²) in [6, 6.07) is 10.8. The molecular formula is C19H21ClN4O3. The van der Waals surface area contributed by atoms with Crippen molar-refractivity contribution in [2.75, 3.05) is 26.2 Å². The van der Waals surface area contributed by atoms with E-state index >= 15 is 0 Å². The van der Waals surface area contributed by atoms with Gasteiger partial charge in [0.15, 0.2) is 5.76 Å². The average Bonchev–Trinajstić information content (AvgIpc) is 3.40. The molecule has 7 nitrogen and oxygen atoms in total. The summed E-state index contributed by atoms with van der Waals surface area (Å²) in [6.45, 7) is 2.06. The number of carbonyl (C=O) groups is 2. The summed E-state index contributed by atoms with van der Waals surface area (Å²) >= 11 is 5.93. The number of benzene rings is 1. The molecule has 4 rings (SSSR count). The van der Waals surface area contributed by atoms with Crippen LogP contribution in [-0.2, 0) is 4.79 Å². The van der Waals surface area contributed by atoms with Gasteiger partial charge in [0, 0.05) is 37.2 Å². The number of amides is 2. The summed E-state index contributed by atoms with van der Waals surface area (Å²) in [7, 11) is 0. The minimum atomic E-state index is -0.280. The summed E-state index contributed by atoms with van der Waals surface area (Å²) in [5, 5.41) is 0.694. The second-order valence-electron chi connectivity index (χ2n) is 6.78. The normalized spacial score (nSPS) is 22.9. The molecule has 8 heteroatoms. The third kappa shape index (κ3) is 3.85. The molecular weight excluding hydrogens is 368 g/mol. The fourth-order valence-corrected chi connectivity index (χ4v) is 3.66. The molecule has 2 amide bonds. The van der Waals surface area contributed by atoms with Crippen LogP contribution < -0.4 is 10.9 Å². The van der Waals surface area contributed by atoms with E-state index in [4.69, 9.17) is 16.0 Å². The maximum absolute atomic E-state index is 12.8. The van der Waals surface area contributed by atoms with Gasteiger partial charge in [-0.1, -0.05) is 23.7 Å². The smallest absolute Gasteiger partial charge is 0.289 e. The van der Waals surface area contributed by atoms with E-state index in [0.717, 1.165) is 5.56 Å². The van der Waals surface area contributed by atoms with E-state index < -0.39 is 0 Å². The van der Waals surface area contributed by atoms with Crippen LogP contribution in [0.5, 0.6) is 0 Å². The first-order valence-electron chi connectivity index (χ1n) is 9.00. The lowest BCUT2D eigenvalue weighted by atomic mass is 10.0. The molecule has 0 saturated carbocycles. The van der Waals surface area contributed by atoms with Crippen LogP contribution in [0.1, 0.15) is 28.6 Å². The highest BCUT2D eigenvalue weighted by Crippen LogP contribution is 2.24. The Labute approximate surface area is 162 Å². The first-order chi connectivity index (χ1) is 13.1. The van der Waals surface area contributed by atoms with Gasteiger partial charge in [0.2, 0.25) is 5.91 Å². The molecule has 2 saturated heterocycles. The lowest BCUT2D eigenvalue weighted by molar-refractivity contribution is -0.134. The number of rotatable bonds is 3. The zero-order chi connectivity index (χ0) is 18.8. The Bertz CT molecular complexity index is 801. The quantitative estimate of drug-likeness (QED) is 0.838. The van der Waals surface area contributed by atoms with E-state index in [1.54, 1.807) is 17.0 Å². The molecule has 2 fully saturated rings. The molecule has 142 valence electrons. The van der Waals surface area contributed by atoms with Gasteiger partial charge < -0.3 is 14.2 Å². The molecule has 2 aliphatic heterocycles. The fraction of sp³-hybridized carbons (Fsp3) is 0.368. The number of hydrogen-bond donors (Lipinski definition) is 2. The van der Waals surface area contributed by atoms with E-state index in [1.165, 1.54) is 6.26 Å². The second kappa shape index (κ2) is 7.72. The molecule has 27 heavy (non-hydrogen) atoms. The molecule has 0 bridgehead atoms. The molecule has 3 heterocycles. The number of hydrogen-bond acceptors (Lipinski definition) is 5.